The van der Waals surface area contributed by atoms with Crippen molar-refractivity contribution in [2.75, 3.05) is 13.7 Å². The van der Waals surface area contributed by atoms with E-state index in [1.54, 1.807) is 6.07 Å². The van der Waals surface area contributed by atoms with Gasteiger partial charge in [-0.15, -0.1) is 0 Å². The topological polar surface area (TPSA) is 79.2 Å². The van der Waals surface area contributed by atoms with Crippen molar-refractivity contribution in [1.82, 2.24) is 5.32 Å². The number of nitrogens with zero attached hydrogens (tertiary/aromatic N) is 1. The van der Waals surface area contributed by atoms with E-state index in [-0.39, 0.29) is 22.9 Å². The number of nitriles is 1. The van der Waals surface area contributed by atoms with Gasteiger partial charge in [0.2, 0.25) is 0 Å². The summed E-state index contributed by atoms with van der Waals surface area (Å²) >= 11 is 5.74. The van der Waals surface area contributed by atoms with Gasteiger partial charge in [-0.25, -0.2) is 4.39 Å². The zero-order chi connectivity index (χ0) is 14.4. The highest BCUT2D eigenvalue weighted by Gasteiger charge is 2.16. The van der Waals surface area contributed by atoms with Crippen molar-refractivity contribution >= 4 is 23.3 Å². The molecule has 0 aliphatic carbocycles. The Labute approximate surface area is 113 Å². The van der Waals surface area contributed by atoms with Gasteiger partial charge in [-0.2, -0.15) is 5.26 Å². The van der Waals surface area contributed by atoms with Gasteiger partial charge >= 0.3 is 0 Å². The Hall–Kier alpha value is -2.13. The summed E-state index contributed by atoms with van der Waals surface area (Å²) in [4.78, 5) is 22.5. The Morgan fingerprint density at radius 2 is 2.21 bits per heavy atom. The SMILES string of the molecule is CNC(=O)COc1cc(C(=O)CC#N)c(F)cc1Cl. The molecule has 19 heavy (non-hydrogen) atoms. The maximum atomic E-state index is 13.5. The van der Waals surface area contributed by atoms with Crippen LogP contribution in [-0.2, 0) is 4.79 Å². The van der Waals surface area contributed by atoms with Crippen LogP contribution < -0.4 is 10.1 Å². The van der Waals surface area contributed by atoms with E-state index in [1.165, 1.54) is 7.05 Å². The van der Waals surface area contributed by atoms with Gasteiger partial charge in [0.05, 0.1) is 23.1 Å². The predicted octanol–water partition coefficient (Wildman–Crippen LogP) is 1.70. The number of carbonyl (C=O) groups excluding carboxylic acids is 2. The number of ether oxygens (including phenoxy) is 1. The number of ketones is 1. The van der Waals surface area contributed by atoms with Crippen molar-refractivity contribution in [2.24, 2.45) is 0 Å². The molecule has 1 aromatic rings. The number of rotatable bonds is 5. The van der Waals surface area contributed by atoms with Gasteiger partial charge in [0.1, 0.15) is 11.6 Å². The maximum absolute atomic E-state index is 13.5. The normalized spacial score (nSPS) is 9.58. The van der Waals surface area contributed by atoms with E-state index >= 15 is 0 Å². The van der Waals surface area contributed by atoms with Gasteiger partial charge in [-0.1, -0.05) is 11.6 Å². The molecule has 0 bridgehead atoms. The van der Waals surface area contributed by atoms with Crippen LogP contribution in [0.3, 0.4) is 0 Å². The summed E-state index contributed by atoms with van der Waals surface area (Å²) < 4.78 is 18.6. The average Bonchev–Trinajstić information content (AvgIpc) is 2.37. The molecule has 0 spiro atoms. The maximum Gasteiger partial charge on any atom is 0.257 e. The van der Waals surface area contributed by atoms with Crippen LogP contribution in [0.25, 0.3) is 0 Å². The number of hydrogen-bond acceptors (Lipinski definition) is 4. The minimum Gasteiger partial charge on any atom is -0.482 e. The first-order chi connectivity index (χ1) is 8.99. The van der Waals surface area contributed by atoms with Crippen LogP contribution in [0.5, 0.6) is 5.75 Å². The summed E-state index contributed by atoms with van der Waals surface area (Å²) in [5, 5.41) is 10.7. The summed E-state index contributed by atoms with van der Waals surface area (Å²) in [7, 11) is 1.43. The van der Waals surface area contributed by atoms with Crippen molar-refractivity contribution in [2.45, 2.75) is 6.42 Å². The van der Waals surface area contributed by atoms with Gasteiger partial charge in [0.15, 0.2) is 12.4 Å². The molecule has 0 saturated carbocycles. The molecule has 0 unspecified atom stereocenters. The molecule has 1 aromatic carbocycles. The number of nitrogens with one attached hydrogen (secondary N) is 1. The molecule has 5 nitrogen and oxygen atoms in total. The van der Waals surface area contributed by atoms with Gasteiger partial charge in [0, 0.05) is 7.05 Å². The largest absolute Gasteiger partial charge is 0.482 e. The fraction of sp³-hybridized carbons (Fsp3) is 0.250. The van der Waals surface area contributed by atoms with Crippen LogP contribution >= 0.6 is 11.6 Å². The fourth-order valence-corrected chi connectivity index (χ4v) is 1.44. The van der Waals surface area contributed by atoms with Crippen molar-refractivity contribution in [3.8, 4) is 11.8 Å². The Bertz CT molecular complexity index is 555. The third-order valence-corrected chi connectivity index (χ3v) is 2.49. The second-order valence-corrected chi connectivity index (χ2v) is 3.89. The van der Waals surface area contributed by atoms with E-state index in [2.05, 4.69) is 5.32 Å². The third-order valence-electron chi connectivity index (χ3n) is 2.20. The summed E-state index contributed by atoms with van der Waals surface area (Å²) in [6, 6.07) is 3.62. The predicted molar refractivity (Wildman–Crippen MR) is 65.5 cm³/mol. The quantitative estimate of drug-likeness (QED) is 0.835. The van der Waals surface area contributed by atoms with Gasteiger partial charge in [-0.05, 0) is 12.1 Å². The first-order valence-corrected chi connectivity index (χ1v) is 5.60. The van der Waals surface area contributed by atoms with Crippen molar-refractivity contribution in [1.29, 1.82) is 5.26 Å². The van der Waals surface area contributed by atoms with Crippen molar-refractivity contribution < 1.29 is 18.7 Å². The Morgan fingerprint density at radius 3 is 2.79 bits per heavy atom. The number of benzene rings is 1. The van der Waals surface area contributed by atoms with E-state index in [1.807, 2.05) is 0 Å². The Balaban J connectivity index is 3.00. The van der Waals surface area contributed by atoms with Crippen LogP contribution in [-0.4, -0.2) is 25.3 Å². The lowest BCUT2D eigenvalue weighted by Crippen LogP contribution is -2.25. The van der Waals surface area contributed by atoms with E-state index < -0.39 is 23.9 Å². The molecule has 0 aromatic heterocycles. The number of amides is 1. The molecule has 0 heterocycles. The first kappa shape index (κ1) is 14.9. The molecule has 1 amide bonds. The van der Waals surface area contributed by atoms with Crippen LogP contribution in [0, 0.1) is 17.1 Å². The average molecular weight is 285 g/mol. The molecule has 0 fully saturated rings. The highest BCUT2D eigenvalue weighted by atomic mass is 35.5. The number of carbonyl (C=O) groups is 2. The standard InChI is InChI=1S/C12H10ClFN2O3/c1-16-12(18)6-19-11-4-7(10(17)2-3-15)9(14)5-8(11)13/h4-5H,2,6H2,1H3,(H,16,18). The number of Topliss-reactive ketones (excluding diaryl/α,β-unsaturated/α-hetero) is 1. The van der Waals surface area contributed by atoms with Crippen LogP contribution in [0.1, 0.15) is 16.8 Å². The van der Waals surface area contributed by atoms with E-state index in [0.29, 0.717) is 0 Å². The molecule has 0 saturated heterocycles. The van der Waals surface area contributed by atoms with Gasteiger partial charge in [-0.3, -0.25) is 9.59 Å². The van der Waals surface area contributed by atoms with Crippen molar-refractivity contribution in [3.05, 3.63) is 28.5 Å². The second kappa shape index (κ2) is 6.71. The summed E-state index contributed by atoms with van der Waals surface area (Å²) in [5.74, 6) is -1.91. The Morgan fingerprint density at radius 1 is 1.53 bits per heavy atom. The number of hydrogen-bond donors (Lipinski definition) is 1. The van der Waals surface area contributed by atoms with Crippen LogP contribution in [0.2, 0.25) is 5.02 Å². The molecular weight excluding hydrogens is 275 g/mol. The molecule has 0 radical (unpaired) electrons. The van der Waals surface area contributed by atoms with E-state index in [4.69, 9.17) is 21.6 Å². The van der Waals surface area contributed by atoms with Crippen LogP contribution in [0.15, 0.2) is 12.1 Å². The molecule has 1 N–H and O–H groups in total. The van der Waals surface area contributed by atoms with E-state index in [9.17, 15) is 14.0 Å². The highest BCUT2D eigenvalue weighted by Crippen LogP contribution is 2.28. The van der Waals surface area contributed by atoms with Crippen molar-refractivity contribution in [3.63, 3.8) is 0 Å². The first-order valence-electron chi connectivity index (χ1n) is 5.22. The van der Waals surface area contributed by atoms with Gasteiger partial charge in [0.25, 0.3) is 5.91 Å². The molecule has 7 heteroatoms. The second-order valence-electron chi connectivity index (χ2n) is 3.48. The molecule has 0 aliphatic rings. The third kappa shape index (κ3) is 3.93. The van der Waals surface area contributed by atoms with Crippen LogP contribution in [0.4, 0.5) is 4.39 Å². The lowest BCUT2D eigenvalue weighted by molar-refractivity contribution is -0.122. The molecular formula is C12H10ClFN2O3. The highest BCUT2D eigenvalue weighted by molar-refractivity contribution is 6.32. The summed E-state index contributed by atoms with van der Waals surface area (Å²) in [6.07, 6.45) is -0.451. The zero-order valence-electron chi connectivity index (χ0n) is 10.00. The number of likely N-dealkylation sites (N-methyl/N-ethyl adjacent to an activating group) is 1. The zero-order valence-corrected chi connectivity index (χ0v) is 10.8. The molecule has 100 valence electrons. The van der Waals surface area contributed by atoms with E-state index in [0.717, 1.165) is 12.1 Å². The lowest BCUT2D eigenvalue weighted by Gasteiger charge is -2.09. The van der Waals surface area contributed by atoms with Gasteiger partial charge < -0.3 is 10.1 Å². The summed E-state index contributed by atoms with van der Waals surface area (Å²) in [6.45, 7) is -0.312. The fourth-order valence-electron chi connectivity index (χ4n) is 1.24. The molecule has 0 aliphatic heterocycles. The molecule has 1 rings (SSSR count). The smallest absolute Gasteiger partial charge is 0.257 e. The minimum absolute atomic E-state index is 0.00737. The minimum atomic E-state index is -0.836. The summed E-state index contributed by atoms with van der Waals surface area (Å²) in [5.41, 5.74) is -0.294. The number of halogens is 2. The molecule has 0 atom stereocenters. The Kier molecular flexibility index (Phi) is 5.27. The monoisotopic (exact) mass is 284 g/mol. The lowest BCUT2D eigenvalue weighted by atomic mass is 10.1.